The summed E-state index contributed by atoms with van der Waals surface area (Å²) in [6, 6.07) is 0. The molecule has 0 aliphatic heterocycles. The maximum absolute atomic E-state index is 8.52. The molecule has 0 aromatic rings. The van der Waals surface area contributed by atoms with Crippen molar-refractivity contribution in [1.29, 1.82) is 0 Å². The Kier molecular flexibility index (Phi) is 22.1. The van der Waals surface area contributed by atoms with Crippen molar-refractivity contribution in [1.82, 2.24) is 0 Å². The van der Waals surface area contributed by atoms with Crippen LogP contribution in [0.3, 0.4) is 0 Å². The number of hydrogen-bond acceptors (Lipinski definition) is 4. The maximum atomic E-state index is 8.52. The van der Waals surface area contributed by atoms with Crippen LogP contribution in [0.25, 0.3) is 0 Å². The van der Waals surface area contributed by atoms with E-state index in [1.165, 1.54) is 0 Å². The molecule has 8 heavy (non-hydrogen) atoms. The van der Waals surface area contributed by atoms with Crippen LogP contribution in [-0.2, 0) is 31.5 Å². The Labute approximate surface area is 60.4 Å². The molecule has 0 heterocycles. The molecule has 0 unspecified atom stereocenters. The van der Waals surface area contributed by atoms with Gasteiger partial charge in [-0.25, -0.2) is 0 Å². The van der Waals surface area contributed by atoms with E-state index in [1.807, 2.05) is 0 Å². The van der Waals surface area contributed by atoms with Crippen molar-refractivity contribution in [3.05, 3.63) is 0 Å². The van der Waals surface area contributed by atoms with Gasteiger partial charge in [-0.3, -0.25) is 8.42 Å². The van der Waals surface area contributed by atoms with E-state index < -0.39 is 10.4 Å². The molecule has 8 heteroatoms. The summed E-state index contributed by atoms with van der Waals surface area (Å²) in [7, 11) is -5.17. The predicted molar refractivity (Wildman–Crippen MR) is 17.7 cm³/mol. The van der Waals surface area contributed by atoms with Gasteiger partial charge in [-0.15, -0.1) is 0 Å². The molecule has 0 amide bonds. The molecule has 0 aromatic heterocycles. The molecule has 0 bridgehead atoms. The van der Waals surface area contributed by atoms with E-state index in [2.05, 4.69) is 0 Å². The minimum atomic E-state index is -5.17. The van der Waals surface area contributed by atoms with Crippen LogP contribution in [0, 0.1) is 0 Å². The Balaban J connectivity index is -0.0000000267. The van der Waals surface area contributed by atoms with Crippen molar-refractivity contribution in [3.63, 3.8) is 0 Å². The molecule has 0 fully saturated rings. The van der Waals surface area contributed by atoms with Gasteiger partial charge in [-0.1, -0.05) is 0 Å². The first-order valence-electron chi connectivity index (χ1n) is 0.667. The Morgan fingerprint density at radius 1 is 1.00 bits per heavy atom. The second kappa shape index (κ2) is 7.48. The van der Waals surface area contributed by atoms with Gasteiger partial charge in [0.1, 0.15) is 0 Å². The van der Waals surface area contributed by atoms with Crippen LogP contribution in [0.5, 0.6) is 0 Å². The maximum Gasteiger partial charge on any atom is 2.00 e. The molecule has 0 spiro atoms. The molecular weight excluding hydrogens is 224 g/mol. The zero-order valence-corrected chi connectivity index (χ0v) is 6.27. The monoisotopic (exact) mass is 230 g/mol. The van der Waals surface area contributed by atoms with Gasteiger partial charge in [0, 0.05) is 10.4 Å². The van der Waals surface area contributed by atoms with Crippen LogP contribution in [-0.4, -0.2) is 28.5 Å². The number of rotatable bonds is 0. The fourth-order valence-electron chi connectivity index (χ4n) is 0. The fraction of sp³-hybridized carbons (Fsp3) is 0. The molecule has 0 saturated heterocycles. The molecule has 0 atom stereocenters. The summed E-state index contributed by atoms with van der Waals surface area (Å²) in [5.74, 6) is 0. The quantitative estimate of drug-likeness (QED) is 0.247. The van der Waals surface area contributed by atoms with Crippen molar-refractivity contribution >= 4 is 10.4 Å². The van der Waals surface area contributed by atoms with Gasteiger partial charge in [0.05, 0.1) is 0 Å². The summed E-state index contributed by atoms with van der Waals surface area (Å²) in [5, 5.41) is 0. The van der Waals surface area contributed by atoms with Gasteiger partial charge in [0.15, 0.2) is 0 Å². The molecule has 0 rings (SSSR count). The van der Waals surface area contributed by atoms with Crippen LogP contribution in [0.15, 0.2) is 0 Å². The van der Waals surface area contributed by atoms with Crippen molar-refractivity contribution in [2.24, 2.45) is 0 Å². The Morgan fingerprint density at radius 3 is 1.00 bits per heavy atom. The third-order valence-corrected chi connectivity index (χ3v) is 0. The second-order valence-corrected chi connectivity index (χ2v) is 1.22. The van der Waals surface area contributed by atoms with Gasteiger partial charge in [0.25, 0.3) is 0 Å². The average Bonchev–Trinajstić information content (AvgIpc) is 0.722. The second-order valence-electron chi connectivity index (χ2n) is 0.408. The zero-order chi connectivity index (χ0) is 4.50. The van der Waals surface area contributed by atoms with Crippen molar-refractivity contribution in [3.8, 4) is 0 Å². The van der Waals surface area contributed by atoms with E-state index in [0.29, 0.717) is 0 Å². The van der Waals surface area contributed by atoms with E-state index in [0.717, 1.165) is 0 Å². The van der Waals surface area contributed by atoms with Gasteiger partial charge in [-0.2, -0.15) is 0 Å². The van der Waals surface area contributed by atoms with Crippen molar-refractivity contribution in [2.45, 2.75) is 0 Å². The first-order chi connectivity index (χ1) is 2.00. The Hall–Kier alpha value is 0.478. The first-order valence-corrected chi connectivity index (χ1v) is 2.00. The van der Waals surface area contributed by atoms with Gasteiger partial charge in [0.2, 0.25) is 0 Å². The fourth-order valence-corrected chi connectivity index (χ4v) is 0. The van der Waals surface area contributed by atoms with E-state index in [-0.39, 0.29) is 32.0 Å². The smallest absolute Gasteiger partial charge is 0.759 e. The van der Waals surface area contributed by atoms with Gasteiger partial charge < -0.3 is 20.1 Å². The van der Waals surface area contributed by atoms with Gasteiger partial charge in [-0.05, 0) is 0 Å². The standard InChI is InChI=1S/Mo.H2O4S.2H2O/c;1-5(2,3)4;;/h;(H2,1,2,3,4);2*1H2/q+2;;;/p-2. The van der Waals surface area contributed by atoms with E-state index in [4.69, 9.17) is 17.5 Å². The first kappa shape index (κ1) is 23.6. The molecule has 4 N–H and O–H groups in total. The van der Waals surface area contributed by atoms with Crippen LogP contribution in [0.1, 0.15) is 0 Å². The summed E-state index contributed by atoms with van der Waals surface area (Å²) in [4.78, 5) is 0. The van der Waals surface area contributed by atoms with Crippen LogP contribution < -0.4 is 0 Å². The third-order valence-electron chi connectivity index (χ3n) is 0. The summed E-state index contributed by atoms with van der Waals surface area (Å²) in [6.07, 6.45) is 0. The number of hydrogen-bond donors (Lipinski definition) is 0. The molecule has 0 aliphatic carbocycles. The molecule has 0 aliphatic rings. The summed E-state index contributed by atoms with van der Waals surface area (Å²) in [6.45, 7) is 0. The van der Waals surface area contributed by atoms with E-state index >= 15 is 0 Å². The average molecular weight is 228 g/mol. The Bertz CT molecular complexity index is 91.7. The molecule has 52 valence electrons. The summed E-state index contributed by atoms with van der Waals surface area (Å²) in [5.41, 5.74) is 0. The van der Waals surface area contributed by atoms with E-state index in [1.54, 1.807) is 0 Å². The van der Waals surface area contributed by atoms with Crippen LogP contribution in [0.4, 0.5) is 0 Å². The zero-order valence-electron chi connectivity index (χ0n) is 3.45. The molecule has 0 aromatic carbocycles. The van der Waals surface area contributed by atoms with Crippen LogP contribution in [0.2, 0.25) is 0 Å². The van der Waals surface area contributed by atoms with Crippen LogP contribution >= 0.6 is 0 Å². The largest absolute Gasteiger partial charge is 2.00 e. The minimum Gasteiger partial charge on any atom is -0.759 e. The van der Waals surface area contributed by atoms with Gasteiger partial charge >= 0.3 is 21.1 Å². The topological polar surface area (TPSA) is 143 Å². The molecule has 0 radical (unpaired) electrons. The summed E-state index contributed by atoms with van der Waals surface area (Å²) >= 11 is 0. The molecular formula is H4MoO6S. The van der Waals surface area contributed by atoms with Crippen molar-refractivity contribution in [2.75, 3.05) is 0 Å². The minimum absolute atomic E-state index is 0. The van der Waals surface area contributed by atoms with E-state index in [9.17, 15) is 0 Å². The molecule has 6 nitrogen and oxygen atoms in total. The predicted octanol–water partition coefficient (Wildman–Crippen LogP) is -2.99. The summed E-state index contributed by atoms with van der Waals surface area (Å²) < 4.78 is 34.1. The third kappa shape index (κ3) is 850. The normalized spacial score (nSPS) is 7.25. The van der Waals surface area contributed by atoms with Crippen molar-refractivity contribution < 1.29 is 49.5 Å². The Morgan fingerprint density at radius 2 is 1.00 bits per heavy atom. The molecule has 0 saturated carbocycles. The SMILES string of the molecule is O.O.O=S(=O)([O-])[O-].[Mo+2].